The first-order valence-corrected chi connectivity index (χ1v) is 23.2. The Balaban J connectivity index is 1.12. The maximum atomic E-state index is 7.39. The highest BCUT2D eigenvalue weighted by Crippen LogP contribution is 2.55. The molecule has 0 N–H and O–H groups in total. The van der Waals surface area contributed by atoms with Crippen LogP contribution in [0.3, 0.4) is 0 Å². The normalized spacial score (nSPS) is 13.5. The summed E-state index contributed by atoms with van der Waals surface area (Å²) in [5, 5.41) is 5.74. The van der Waals surface area contributed by atoms with Gasteiger partial charge in [-0.1, -0.05) is 124 Å². The van der Waals surface area contributed by atoms with Crippen LogP contribution >= 0.6 is 0 Å². The lowest BCUT2D eigenvalue weighted by Gasteiger charge is -2.45. The average Bonchev–Trinajstić information content (AvgIpc) is 4.04. The van der Waals surface area contributed by atoms with Gasteiger partial charge in [-0.3, -0.25) is 0 Å². The van der Waals surface area contributed by atoms with Crippen LogP contribution in [0.25, 0.3) is 60.4 Å². The molecule has 6 nitrogen and oxygen atoms in total. The number of anilines is 9. The number of hydrogen-bond acceptors (Lipinski definition) is 5. The van der Waals surface area contributed by atoms with E-state index in [1.165, 1.54) is 44.0 Å². The van der Waals surface area contributed by atoms with Gasteiger partial charge in [0.25, 0.3) is 6.71 Å². The van der Waals surface area contributed by atoms with E-state index < -0.39 is 0 Å². The van der Waals surface area contributed by atoms with Crippen LogP contribution in [0.2, 0.25) is 0 Å². The highest BCUT2D eigenvalue weighted by molar-refractivity contribution is 7.00. The summed E-state index contributed by atoms with van der Waals surface area (Å²) >= 11 is 0. The molecule has 0 amide bonds. The van der Waals surface area contributed by atoms with Crippen molar-refractivity contribution in [2.45, 2.75) is 26.2 Å². The zero-order valence-corrected chi connectivity index (χ0v) is 37.2. The fourth-order valence-corrected chi connectivity index (χ4v) is 11.7. The lowest BCUT2D eigenvalue weighted by Crippen LogP contribution is -2.61. The second kappa shape index (κ2) is 13.1. The van der Waals surface area contributed by atoms with E-state index in [1.807, 2.05) is 6.07 Å². The van der Waals surface area contributed by atoms with E-state index in [1.54, 1.807) is 0 Å². The third-order valence-corrected chi connectivity index (χ3v) is 14.6. The summed E-state index contributed by atoms with van der Waals surface area (Å²) in [6, 6.07) is 70.8. The van der Waals surface area contributed by atoms with Gasteiger partial charge >= 0.3 is 0 Å². The molecule has 12 aromatic rings. The van der Waals surface area contributed by atoms with Crippen LogP contribution in [0, 0.1) is 0 Å². The Morgan fingerprint density at radius 3 is 1.88 bits per heavy atom. The maximum Gasteiger partial charge on any atom is 0.297 e. The van der Waals surface area contributed by atoms with Crippen molar-refractivity contribution in [3.05, 3.63) is 200 Å². The lowest BCUT2D eigenvalue weighted by atomic mass is 9.35. The van der Waals surface area contributed by atoms with E-state index in [4.69, 9.17) is 8.83 Å². The predicted molar refractivity (Wildman–Crippen MR) is 279 cm³/mol. The Morgan fingerprint density at radius 1 is 0.448 bits per heavy atom. The molecule has 0 saturated heterocycles. The molecule has 0 unspecified atom stereocenters. The van der Waals surface area contributed by atoms with Crippen molar-refractivity contribution in [3.8, 4) is 5.69 Å². The average molecular weight is 861 g/mol. The highest BCUT2D eigenvalue weighted by atomic mass is 16.3. The molecule has 9 aromatic carbocycles. The molecule has 15 rings (SSSR count). The van der Waals surface area contributed by atoms with Gasteiger partial charge in [0, 0.05) is 55.4 Å². The molecule has 6 heterocycles. The Bertz CT molecular complexity index is 4030. The Labute approximate surface area is 387 Å². The van der Waals surface area contributed by atoms with Crippen LogP contribution in [0.15, 0.2) is 203 Å². The Kier molecular flexibility index (Phi) is 7.22. The number of aromatic nitrogens is 1. The maximum absolute atomic E-state index is 7.39. The van der Waals surface area contributed by atoms with Crippen molar-refractivity contribution in [1.82, 2.24) is 4.57 Å². The summed E-state index contributed by atoms with van der Waals surface area (Å²) in [4.78, 5) is 7.47. The van der Waals surface area contributed by atoms with E-state index in [2.05, 4.69) is 228 Å². The molecule has 316 valence electrons. The first kappa shape index (κ1) is 36.9. The first-order valence-electron chi connectivity index (χ1n) is 23.2. The van der Waals surface area contributed by atoms with Crippen molar-refractivity contribution >= 4 is 129 Å². The molecule has 0 aliphatic carbocycles. The third-order valence-electron chi connectivity index (χ3n) is 14.6. The molecule has 3 aliphatic rings. The molecular weight excluding hydrogens is 819 g/mol. The van der Waals surface area contributed by atoms with Crippen molar-refractivity contribution < 1.29 is 8.83 Å². The van der Waals surface area contributed by atoms with Crippen LogP contribution in [-0.4, -0.2) is 11.3 Å². The molecular formula is C60H41BN4O2. The second-order valence-corrected chi connectivity index (χ2v) is 19.3. The van der Waals surface area contributed by atoms with Crippen molar-refractivity contribution in [2.24, 2.45) is 0 Å². The molecule has 3 aromatic heterocycles. The minimum atomic E-state index is -0.218. The van der Waals surface area contributed by atoms with Gasteiger partial charge in [0.05, 0.1) is 45.1 Å². The number of hydrogen-bond donors (Lipinski definition) is 0. The van der Waals surface area contributed by atoms with Crippen LogP contribution in [-0.2, 0) is 5.41 Å². The van der Waals surface area contributed by atoms with Gasteiger partial charge in [-0.25, -0.2) is 0 Å². The molecule has 0 radical (unpaired) electrons. The minimum Gasteiger partial charge on any atom is -0.468 e. The van der Waals surface area contributed by atoms with Gasteiger partial charge in [0.15, 0.2) is 0 Å². The van der Waals surface area contributed by atoms with E-state index in [0.717, 1.165) is 89.8 Å². The fraction of sp³-hybridized carbons (Fsp3) is 0.0667. The van der Waals surface area contributed by atoms with Crippen molar-refractivity contribution in [1.29, 1.82) is 0 Å². The van der Waals surface area contributed by atoms with E-state index in [-0.39, 0.29) is 12.1 Å². The first-order chi connectivity index (χ1) is 32.9. The van der Waals surface area contributed by atoms with Gasteiger partial charge in [-0.05, 0) is 113 Å². The van der Waals surface area contributed by atoms with Gasteiger partial charge in [0.2, 0.25) is 0 Å². The van der Waals surface area contributed by atoms with Crippen molar-refractivity contribution in [2.75, 3.05) is 14.7 Å². The van der Waals surface area contributed by atoms with Crippen LogP contribution < -0.4 is 31.3 Å². The quantitative estimate of drug-likeness (QED) is 0.165. The summed E-state index contributed by atoms with van der Waals surface area (Å²) < 4.78 is 16.4. The smallest absolute Gasteiger partial charge is 0.297 e. The number of benzene rings is 9. The number of furan rings is 2. The molecule has 3 aliphatic heterocycles. The SMILES string of the molecule is CC(C)(C)c1ccc2oc3c(c2c1)N(c1ccc2oc4ccccc4c2c1)c1cc(N(c2ccccc2)c2ccccc2)cc2c1B3c1cccc3c1N2c1cccc2c4ccccc4n-3c12. The predicted octanol–water partition coefficient (Wildman–Crippen LogP) is 14.6. The third kappa shape index (κ3) is 4.95. The van der Waals surface area contributed by atoms with Gasteiger partial charge < -0.3 is 28.1 Å². The Morgan fingerprint density at radius 2 is 1.09 bits per heavy atom. The number of nitrogens with zero attached hydrogens (tertiary/aromatic N) is 4. The number of fused-ring (bicyclic) bond motifs is 14. The standard InChI is InChI=1S/C60H41BN4O2/c1-60(2,3)36-28-30-54-45(32-36)57-59(67-54)61-46-23-15-26-49-58(46)65(48-25-14-22-43-41-20-10-12-24-47(41)64(49)56(43)48)51-35-40(62(37-16-6-4-7-17-37)38-18-8-5-9-19-38)34-50(55(51)61)63(57)39-29-31-53-44(33-39)42-21-11-13-27-52(42)66-53/h4-35H,1-3H3. The summed E-state index contributed by atoms with van der Waals surface area (Å²) in [5.41, 5.74) is 20.6. The summed E-state index contributed by atoms with van der Waals surface area (Å²) in [6.07, 6.45) is 0. The minimum absolute atomic E-state index is 0.0846. The monoisotopic (exact) mass is 860 g/mol. The molecule has 0 fully saturated rings. The summed E-state index contributed by atoms with van der Waals surface area (Å²) in [6.45, 7) is 6.65. The largest absolute Gasteiger partial charge is 0.468 e. The Hall–Kier alpha value is -8.42. The highest BCUT2D eigenvalue weighted by Gasteiger charge is 2.49. The molecule has 0 atom stereocenters. The van der Waals surface area contributed by atoms with Gasteiger partial charge in [-0.15, -0.1) is 0 Å². The molecule has 7 heteroatoms. The van der Waals surface area contributed by atoms with Gasteiger partial charge in [-0.2, -0.15) is 0 Å². The van der Waals surface area contributed by atoms with E-state index >= 15 is 0 Å². The van der Waals surface area contributed by atoms with E-state index in [9.17, 15) is 0 Å². The second-order valence-electron chi connectivity index (χ2n) is 19.3. The van der Waals surface area contributed by atoms with Crippen LogP contribution in [0.4, 0.5) is 51.2 Å². The van der Waals surface area contributed by atoms with E-state index in [0.29, 0.717) is 0 Å². The van der Waals surface area contributed by atoms with Crippen LogP contribution in [0.1, 0.15) is 26.3 Å². The molecule has 67 heavy (non-hydrogen) atoms. The van der Waals surface area contributed by atoms with Gasteiger partial charge in [0.1, 0.15) is 16.7 Å². The molecule has 0 bridgehead atoms. The number of para-hydroxylation sites is 6. The summed E-state index contributed by atoms with van der Waals surface area (Å²) in [7, 11) is 0. The lowest BCUT2D eigenvalue weighted by molar-refractivity contribution is 0.590. The fourth-order valence-electron chi connectivity index (χ4n) is 11.7. The van der Waals surface area contributed by atoms with Crippen LogP contribution in [0.5, 0.6) is 0 Å². The summed E-state index contributed by atoms with van der Waals surface area (Å²) in [5.74, 6) is 0. The number of rotatable bonds is 4. The van der Waals surface area contributed by atoms with Crippen molar-refractivity contribution in [3.63, 3.8) is 0 Å². The molecule has 0 spiro atoms. The zero-order chi connectivity index (χ0) is 44.3. The topological polar surface area (TPSA) is 40.9 Å². The zero-order valence-electron chi connectivity index (χ0n) is 37.2. The molecule has 0 saturated carbocycles.